The second-order valence-corrected chi connectivity index (χ2v) is 4.20. The van der Waals surface area contributed by atoms with Crippen LogP contribution in [0.2, 0.25) is 0 Å². The fourth-order valence-electron chi connectivity index (χ4n) is 1.58. The lowest BCUT2D eigenvalue weighted by atomic mass is 10.1. The Morgan fingerprint density at radius 1 is 1.06 bits per heavy atom. The molecule has 5 nitrogen and oxygen atoms in total. The molecular weight excluding hydrogens is 234 g/mol. The van der Waals surface area contributed by atoms with Gasteiger partial charge in [-0.1, -0.05) is 0 Å². The summed E-state index contributed by atoms with van der Waals surface area (Å²) in [6.45, 7) is 4.14. The van der Waals surface area contributed by atoms with Gasteiger partial charge in [0.2, 0.25) is 0 Å². The molecule has 18 heavy (non-hydrogen) atoms. The number of nitrogens with zero attached hydrogens (tertiary/aromatic N) is 1. The second kappa shape index (κ2) is 6.47. The van der Waals surface area contributed by atoms with Gasteiger partial charge in [0, 0.05) is 18.2 Å². The van der Waals surface area contributed by atoms with Crippen molar-refractivity contribution < 1.29 is 19.4 Å². The van der Waals surface area contributed by atoms with Gasteiger partial charge >= 0.3 is 0 Å². The Labute approximate surface area is 108 Å². The third kappa shape index (κ3) is 3.27. The number of hydroxylamine groups is 2. The summed E-state index contributed by atoms with van der Waals surface area (Å²) >= 11 is 0. The van der Waals surface area contributed by atoms with Gasteiger partial charge in [-0.2, -0.15) is 5.06 Å². The summed E-state index contributed by atoms with van der Waals surface area (Å²) in [7, 11) is 4.74. The summed E-state index contributed by atoms with van der Waals surface area (Å²) in [5.41, 5.74) is 0.789. The van der Waals surface area contributed by atoms with E-state index in [-0.39, 0.29) is 6.04 Å². The van der Waals surface area contributed by atoms with E-state index in [4.69, 9.17) is 14.2 Å². The number of benzene rings is 1. The summed E-state index contributed by atoms with van der Waals surface area (Å²) in [6.07, 6.45) is 0. The van der Waals surface area contributed by atoms with Crippen molar-refractivity contribution in [2.75, 3.05) is 21.3 Å². The molecule has 102 valence electrons. The van der Waals surface area contributed by atoms with Gasteiger partial charge in [-0.3, -0.25) is 0 Å². The molecular formula is C13H21NO4. The number of hydrogen-bond donors (Lipinski definition) is 1. The summed E-state index contributed by atoms with van der Waals surface area (Å²) in [5.74, 6) is 1.92. The van der Waals surface area contributed by atoms with Crippen LogP contribution < -0.4 is 14.2 Å². The van der Waals surface area contributed by atoms with E-state index in [1.54, 1.807) is 33.5 Å². The van der Waals surface area contributed by atoms with Gasteiger partial charge in [-0.05, 0) is 13.8 Å². The lowest BCUT2D eigenvalue weighted by Gasteiger charge is -2.22. The van der Waals surface area contributed by atoms with Crippen LogP contribution in [-0.2, 0) is 6.54 Å². The maximum absolute atomic E-state index is 9.84. The minimum atomic E-state index is 0.0153. The zero-order valence-electron chi connectivity index (χ0n) is 11.6. The third-order valence-corrected chi connectivity index (χ3v) is 2.73. The van der Waals surface area contributed by atoms with Crippen molar-refractivity contribution in [2.45, 2.75) is 26.4 Å². The summed E-state index contributed by atoms with van der Waals surface area (Å²) in [5, 5.41) is 11.1. The van der Waals surface area contributed by atoms with Crippen molar-refractivity contribution in [1.29, 1.82) is 0 Å². The molecule has 1 rings (SSSR count). The van der Waals surface area contributed by atoms with Gasteiger partial charge in [0.05, 0.1) is 33.4 Å². The number of ether oxygens (including phenoxy) is 3. The third-order valence-electron chi connectivity index (χ3n) is 2.73. The molecule has 0 heterocycles. The molecule has 1 aromatic carbocycles. The lowest BCUT2D eigenvalue weighted by Crippen LogP contribution is -2.26. The Morgan fingerprint density at radius 2 is 1.56 bits per heavy atom. The van der Waals surface area contributed by atoms with E-state index < -0.39 is 0 Å². The lowest BCUT2D eigenvalue weighted by molar-refractivity contribution is -0.125. The van der Waals surface area contributed by atoms with Crippen LogP contribution in [0, 0.1) is 0 Å². The van der Waals surface area contributed by atoms with E-state index >= 15 is 0 Å². The molecule has 1 N–H and O–H groups in total. The van der Waals surface area contributed by atoms with Crippen molar-refractivity contribution in [1.82, 2.24) is 5.06 Å². The molecule has 0 fully saturated rings. The Kier molecular flexibility index (Phi) is 5.25. The van der Waals surface area contributed by atoms with Gasteiger partial charge in [-0.15, -0.1) is 0 Å². The number of hydrogen-bond acceptors (Lipinski definition) is 5. The van der Waals surface area contributed by atoms with E-state index in [0.717, 1.165) is 5.56 Å². The van der Waals surface area contributed by atoms with E-state index in [1.165, 1.54) is 5.06 Å². The highest BCUT2D eigenvalue weighted by atomic mass is 16.5. The molecule has 0 saturated heterocycles. The summed E-state index contributed by atoms with van der Waals surface area (Å²) in [4.78, 5) is 0. The Balaban J connectivity index is 3.14. The van der Waals surface area contributed by atoms with Crippen molar-refractivity contribution >= 4 is 0 Å². The van der Waals surface area contributed by atoms with Gasteiger partial charge in [0.25, 0.3) is 0 Å². The Bertz CT molecular complexity index is 368. The molecule has 0 bridgehead atoms. The summed E-state index contributed by atoms with van der Waals surface area (Å²) in [6, 6.07) is 3.56. The molecule has 0 amide bonds. The average Bonchev–Trinajstić information content (AvgIpc) is 2.38. The SMILES string of the molecule is COc1cc(OC)c(CN(O)C(C)C)c(OC)c1. The topological polar surface area (TPSA) is 51.2 Å². The standard InChI is InChI=1S/C13H21NO4/c1-9(2)14(15)8-11-12(17-4)6-10(16-3)7-13(11)18-5/h6-7,9,15H,8H2,1-5H3. The highest BCUT2D eigenvalue weighted by Gasteiger charge is 2.17. The fraction of sp³-hybridized carbons (Fsp3) is 0.538. The highest BCUT2D eigenvalue weighted by molar-refractivity contribution is 5.50. The molecule has 0 aliphatic rings. The minimum Gasteiger partial charge on any atom is -0.496 e. The molecule has 0 saturated carbocycles. The normalized spacial score (nSPS) is 10.9. The molecule has 0 aromatic heterocycles. The first-order chi connectivity index (χ1) is 8.53. The van der Waals surface area contributed by atoms with Crippen LogP contribution in [0.15, 0.2) is 12.1 Å². The van der Waals surface area contributed by atoms with E-state index in [0.29, 0.717) is 23.8 Å². The first-order valence-electron chi connectivity index (χ1n) is 5.77. The van der Waals surface area contributed by atoms with Crippen LogP contribution in [0.1, 0.15) is 19.4 Å². The molecule has 1 aromatic rings. The Hall–Kier alpha value is -1.46. The Morgan fingerprint density at radius 3 is 1.89 bits per heavy atom. The molecule has 0 radical (unpaired) electrons. The minimum absolute atomic E-state index is 0.0153. The predicted molar refractivity (Wildman–Crippen MR) is 68.6 cm³/mol. The maximum Gasteiger partial charge on any atom is 0.130 e. The van der Waals surface area contributed by atoms with Gasteiger partial charge in [0.1, 0.15) is 17.2 Å². The molecule has 0 aliphatic carbocycles. The van der Waals surface area contributed by atoms with Crippen LogP contribution in [0.5, 0.6) is 17.2 Å². The first kappa shape index (κ1) is 14.6. The largest absolute Gasteiger partial charge is 0.496 e. The first-order valence-corrected chi connectivity index (χ1v) is 5.77. The molecule has 5 heteroatoms. The highest BCUT2D eigenvalue weighted by Crippen LogP contribution is 2.34. The van der Waals surface area contributed by atoms with Gasteiger partial charge < -0.3 is 19.4 Å². The van der Waals surface area contributed by atoms with E-state index in [2.05, 4.69) is 0 Å². The molecule has 0 unspecified atom stereocenters. The summed E-state index contributed by atoms with van der Waals surface area (Å²) < 4.78 is 15.8. The zero-order valence-corrected chi connectivity index (χ0v) is 11.6. The van der Waals surface area contributed by atoms with Crippen LogP contribution in [0.25, 0.3) is 0 Å². The molecule has 0 spiro atoms. The predicted octanol–water partition coefficient (Wildman–Crippen LogP) is 2.31. The van der Waals surface area contributed by atoms with Crippen molar-refractivity contribution in [2.24, 2.45) is 0 Å². The van der Waals surface area contributed by atoms with Crippen LogP contribution in [-0.4, -0.2) is 37.6 Å². The van der Waals surface area contributed by atoms with E-state index in [9.17, 15) is 5.21 Å². The van der Waals surface area contributed by atoms with Crippen LogP contribution in [0.3, 0.4) is 0 Å². The van der Waals surface area contributed by atoms with Crippen molar-refractivity contribution in [3.8, 4) is 17.2 Å². The van der Waals surface area contributed by atoms with Gasteiger partial charge in [0.15, 0.2) is 0 Å². The smallest absolute Gasteiger partial charge is 0.130 e. The number of rotatable bonds is 6. The quantitative estimate of drug-likeness (QED) is 0.790. The van der Waals surface area contributed by atoms with Gasteiger partial charge in [-0.25, -0.2) is 0 Å². The van der Waals surface area contributed by atoms with Crippen LogP contribution >= 0.6 is 0 Å². The maximum atomic E-state index is 9.84. The molecule has 0 aliphatic heterocycles. The average molecular weight is 255 g/mol. The zero-order chi connectivity index (χ0) is 13.7. The monoisotopic (exact) mass is 255 g/mol. The van der Waals surface area contributed by atoms with E-state index in [1.807, 2.05) is 13.8 Å². The molecule has 0 atom stereocenters. The second-order valence-electron chi connectivity index (χ2n) is 4.20. The fourth-order valence-corrected chi connectivity index (χ4v) is 1.58. The van der Waals surface area contributed by atoms with Crippen LogP contribution in [0.4, 0.5) is 0 Å². The van der Waals surface area contributed by atoms with Crippen molar-refractivity contribution in [3.63, 3.8) is 0 Å². The number of methoxy groups -OCH3 is 3. The van der Waals surface area contributed by atoms with Crippen molar-refractivity contribution in [3.05, 3.63) is 17.7 Å².